The normalized spacial score (nSPS) is 14.3. The monoisotopic (exact) mass is 410 g/mol. The lowest BCUT2D eigenvalue weighted by atomic mass is 10.1. The number of amides is 1. The summed E-state index contributed by atoms with van der Waals surface area (Å²) in [6.45, 7) is 3.36. The summed E-state index contributed by atoms with van der Waals surface area (Å²) in [5.41, 5.74) is 0.426. The van der Waals surface area contributed by atoms with Crippen molar-refractivity contribution in [3.63, 3.8) is 0 Å². The van der Waals surface area contributed by atoms with E-state index in [0.29, 0.717) is 60.9 Å². The quantitative estimate of drug-likeness (QED) is 0.682. The Bertz CT molecular complexity index is 781. The van der Waals surface area contributed by atoms with Crippen LogP contribution in [0.1, 0.15) is 10.4 Å². The van der Waals surface area contributed by atoms with E-state index in [1.54, 1.807) is 36.3 Å². The van der Waals surface area contributed by atoms with Crippen LogP contribution in [-0.4, -0.2) is 67.5 Å². The molecule has 0 unspecified atom stereocenters. The van der Waals surface area contributed by atoms with Gasteiger partial charge in [-0.3, -0.25) is 4.79 Å². The van der Waals surface area contributed by atoms with Gasteiger partial charge in [-0.25, -0.2) is 0 Å². The Morgan fingerprint density at radius 3 is 2.52 bits per heavy atom. The fraction of sp³-hybridized carbons (Fsp3) is 0.389. The number of halogens is 2. The summed E-state index contributed by atoms with van der Waals surface area (Å²) in [6.07, 6.45) is 0. The fourth-order valence-electron chi connectivity index (χ4n) is 2.76. The summed E-state index contributed by atoms with van der Waals surface area (Å²) in [4.78, 5) is 16.5. The van der Waals surface area contributed by atoms with Gasteiger partial charge >= 0.3 is 0 Å². The molecule has 1 aliphatic heterocycles. The molecule has 2 heterocycles. The number of piperazine rings is 1. The van der Waals surface area contributed by atoms with Crippen LogP contribution in [-0.2, 0) is 4.74 Å². The zero-order valence-electron chi connectivity index (χ0n) is 14.9. The van der Waals surface area contributed by atoms with Crippen molar-refractivity contribution in [3.05, 3.63) is 45.9 Å². The highest BCUT2D eigenvalue weighted by molar-refractivity contribution is 6.35. The van der Waals surface area contributed by atoms with Gasteiger partial charge in [-0.1, -0.05) is 23.2 Å². The van der Waals surface area contributed by atoms with Gasteiger partial charge in [0.2, 0.25) is 5.88 Å². The molecule has 1 aromatic carbocycles. The molecule has 0 radical (unpaired) electrons. The van der Waals surface area contributed by atoms with Gasteiger partial charge in [0, 0.05) is 44.4 Å². The number of ether oxygens (including phenoxy) is 2. The Morgan fingerprint density at radius 1 is 1.07 bits per heavy atom. The number of nitrogens with zero attached hydrogens (tertiary/aromatic N) is 4. The summed E-state index contributed by atoms with van der Waals surface area (Å²) in [5, 5.41) is 9.16. The molecular formula is C18H20Cl2N4O3. The van der Waals surface area contributed by atoms with Crippen LogP contribution in [0.3, 0.4) is 0 Å². The molecule has 1 aliphatic rings. The molecule has 1 aromatic heterocycles. The predicted octanol–water partition coefficient (Wildman–Crippen LogP) is 2.77. The number of methoxy groups -OCH3 is 1. The van der Waals surface area contributed by atoms with Gasteiger partial charge in [-0.15, -0.1) is 10.2 Å². The summed E-state index contributed by atoms with van der Waals surface area (Å²) in [7, 11) is 1.61. The Hall–Kier alpha value is -2.09. The number of rotatable bonds is 6. The third kappa shape index (κ3) is 5.00. The molecule has 7 nitrogen and oxygen atoms in total. The van der Waals surface area contributed by atoms with E-state index < -0.39 is 0 Å². The third-order valence-corrected chi connectivity index (χ3v) is 4.78. The lowest BCUT2D eigenvalue weighted by Crippen LogP contribution is -2.49. The second-order valence-corrected chi connectivity index (χ2v) is 6.82. The summed E-state index contributed by atoms with van der Waals surface area (Å²) < 4.78 is 10.3. The first-order valence-corrected chi connectivity index (χ1v) is 9.29. The van der Waals surface area contributed by atoms with Crippen molar-refractivity contribution in [3.8, 4) is 5.88 Å². The van der Waals surface area contributed by atoms with Crippen LogP contribution < -0.4 is 9.64 Å². The van der Waals surface area contributed by atoms with Crippen LogP contribution in [0.5, 0.6) is 5.88 Å². The number of benzene rings is 1. The van der Waals surface area contributed by atoms with Crippen LogP contribution in [0.4, 0.5) is 5.82 Å². The maximum Gasteiger partial charge on any atom is 0.255 e. The number of aromatic nitrogens is 2. The number of hydrogen-bond donors (Lipinski definition) is 0. The lowest BCUT2D eigenvalue weighted by molar-refractivity contribution is 0.0746. The Kier molecular flexibility index (Phi) is 6.71. The van der Waals surface area contributed by atoms with Crippen LogP contribution in [0.25, 0.3) is 0 Å². The predicted molar refractivity (Wildman–Crippen MR) is 104 cm³/mol. The molecule has 9 heteroatoms. The van der Waals surface area contributed by atoms with Crippen molar-refractivity contribution in [1.82, 2.24) is 15.1 Å². The van der Waals surface area contributed by atoms with Crippen molar-refractivity contribution < 1.29 is 14.3 Å². The highest BCUT2D eigenvalue weighted by atomic mass is 35.5. The molecule has 1 saturated heterocycles. The minimum Gasteiger partial charge on any atom is -0.474 e. The second-order valence-electron chi connectivity index (χ2n) is 5.97. The van der Waals surface area contributed by atoms with E-state index in [0.717, 1.165) is 5.82 Å². The standard InChI is InChI=1S/C18H20Cl2N4O3/c1-26-10-11-27-17-5-4-16(21-22-17)23-6-8-24(9-7-23)18(25)14-12-13(19)2-3-15(14)20/h2-5,12H,6-11H2,1H3. The highest BCUT2D eigenvalue weighted by Crippen LogP contribution is 2.23. The summed E-state index contributed by atoms with van der Waals surface area (Å²) in [6, 6.07) is 8.55. The van der Waals surface area contributed by atoms with E-state index in [1.165, 1.54) is 0 Å². The number of hydrogen-bond acceptors (Lipinski definition) is 6. The second kappa shape index (κ2) is 9.21. The van der Waals surface area contributed by atoms with Crippen LogP contribution in [0.2, 0.25) is 10.0 Å². The number of carbonyl (C=O) groups is 1. The fourth-order valence-corrected chi connectivity index (χ4v) is 3.13. The SMILES string of the molecule is COCCOc1ccc(N2CCN(C(=O)c3cc(Cl)ccc3Cl)CC2)nn1. The van der Waals surface area contributed by atoms with Gasteiger partial charge in [0.05, 0.1) is 17.2 Å². The Balaban J connectivity index is 1.57. The van der Waals surface area contributed by atoms with Crippen molar-refractivity contribution in [2.75, 3.05) is 51.4 Å². The van der Waals surface area contributed by atoms with E-state index >= 15 is 0 Å². The van der Waals surface area contributed by atoms with E-state index in [2.05, 4.69) is 15.1 Å². The van der Waals surface area contributed by atoms with Gasteiger partial charge in [-0.2, -0.15) is 0 Å². The zero-order valence-corrected chi connectivity index (χ0v) is 16.4. The molecule has 3 rings (SSSR count). The minimum absolute atomic E-state index is 0.116. The largest absolute Gasteiger partial charge is 0.474 e. The smallest absolute Gasteiger partial charge is 0.255 e. The molecule has 2 aromatic rings. The lowest BCUT2D eigenvalue weighted by Gasteiger charge is -2.35. The van der Waals surface area contributed by atoms with Crippen LogP contribution in [0, 0.1) is 0 Å². The van der Waals surface area contributed by atoms with Crippen molar-refractivity contribution >= 4 is 34.9 Å². The summed E-state index contributed by atoms with van der Waals surface area (Å²) >= 11 is 12.1. The first-order chi connectivity index (χ1) is 13.1. The van der Waals surface area contributed by atoms with Gasteiger partial charge in [-0.05, 0) is 24.3 Å². The minimum atomic E-state index is -0.116. The third-order valence-electron chi connectivity index (χ3n) is 4.21. The van der Waals surface area contributed by atoms with Crippen LogP contribution >= 0.6 is 23.2 Å². The van der Waals surface area contributed by atoms with Crippen molar-refractivity contribution in [2.45, 2.75) is 0 Å². The number of anilines is 1. The Labute approximate surface area is 167 Å². The summed E-state index contributed by atoms with van der Waals surface area (Å²) in [5.74, 6) is 1.09. The molecule has 0 atom stereocenters. The van der Waals surface area contributed by atoms with Crippen molar-refractivity contribution in [2.24, 2.45) is 0 Å². The van der Waals surface area contributed by atoms with E-state index in [9.17, 15) is 4.79 Å². The topological polar surface area (TPSA) is 67.8 Å². The molecule has 0 N–H and O–H groups in total. The molecule has 0 spiro atoms. The van der Waals surface area contributed by atoms with Crippen molar-refractivity contribution in [1.29, 1.82) is 0 Å². The molecule has 27 heavy (non-hydrogen) atoms. The van der Waals surface area contributed by atoms with Gasteiger partial charge in [0.1, 0.15) is 6.61 Å². The maximum absolute atomic E-state index is 12.7. The molecule has 0 saturated carbocycles. The van der Waals surface area contributed by atoms with Crippen LogP contribution in [0.15, 0.2) is 30.3 Å². The average molecular weight is 411 g/mol. The Morgan fingerprint density at radius 2 is 1.85 bits per heavy atom. The van der Waals surface area contributed by atoms with Gasteiger partial charge < -0.3 is 19.3 Å². The average Bonchev–Trinajstić information content (AvgIpc) is 2.70. The molecule has 0 aliphatic carbocycles. The maximum atomic E-state index is 12.7. The molecule has 0 bridgehead atoms. The molecule has 1 fully saturated rings. The van der Waals surface area contributed by atoms with E-state index in [1.807, 2.05) is 6.07 Å². The first-order valence-electron chi connectivity index (χ1n) is 8.53. The highest BCUT2D eigenvalue weighted by Gasteiger charge is 2.24. The molecule has 144 valence electrons. The van der Waals surface area contributed by atoms with E-state index in [4.69, 9.17) is 32.7 Å². The molecular weight excluding hydrogens is 391 g/mol. The van der Waals surface area contributed by atoms with Gasteiger partial charge in [0.25, 0.3) is 5.91 Å². The van der Waals surface area contributed by atoms with E-state index in [-0.39, 0.29) is 5.91 Å². The first kappa shape index (κ1) is 19.7. The van der Waals surface area contributed by atoms with Gasteiger partial charge in [0.15, 0.2) is 5.82 Å². The zero-order chi connectivity index (χ0) is 19.2. The molecule has 1 amide bonds. The number of carbonyl (C=O) groups excluding carboxylic acids is 1.